The molecule has 9 heteroatoms. The van der Waals surface area contributed by atoms with Crippen molar-refractivity contribution in [3.63, 3.8) is 0 Å². The molecule has 1 aromatic heterocycles. The lowest BCUT2D eigenvalue weighted by atomic mass is 10.1. The van der Waals surface area contributed by atoms with E-state index in [-0.39, 0.29) is 11.7 Å². The van der Waals surface area contributed by atoms with E-state index < -0.39 is 9.84 Å². The van der Waals surface area contributed by atoms with Crippen molar-refractivity contribution < 1.29 is 17.9 Å². The second-order valence-electron chi connectivity index (χ2n) is 6.64. The zero-order valence-electron chi connectivity index (χ0n) is 15.9. The molecule has 0 atom stereocenters. The lowest BCUT2D eigenvalue weighted by Gasteiger charge is -2.09. The van der Waals surface area contributed by atoms with Gasteiger partial charge in [0.25, 0.3) is 0 Å². The Morgan fingerprint density at radius 3 is 2.62 bits per heavy atom. The van der Waals surface area contributed by atoms with Crippen LogP contribution < -0.4 is 20.0 Å². The topological polar surface area (TPSA) is 95.9 Å². The van der Waals surface area contributed by atoms with E-state index in [2.05, 4.69) is 9.95 Å². The third kappa shape index (κ3) is 4.21. The Morgan fingerprint density at radius 2 is 1.90 bits per heavy atom. The fraction of sp³-hybridized carbons (Fsp3) is 0.250. The van der Waals surface area contributed by atoms with E-state index in [0.717, 1.165) is 40.5 Å². The van der Waals surface area contributed by atoms with E-state index in [0.29, 0.717) is 12.2 Å². The van der Waals surface area contributed by atoms with Gasteiger partial charge in [-0.2, -0.15) is 0 Å². The molecule has 3 aromatic rings. The summed E-state index contributed by atoms with van der Waals surface area (Å²) in [4.78, 5) is 5.82. The van der Waals surface area contributed by atoms with Crippen LogP contribution in [0.25, 0.3) is 11.3 Å². The van der Waals surface area contributed by atoms with Crippen LogP contribution in [0, 0.1) is 0 Å². The van der Waals surface area contributed by atoms with E-state index in [1.54, 1.807) is 24.3 Å². The molecule has 29 heavy (non-hydrogen) atoms. The second kappa shape index (κ2) is 8.02. The molecule has 2 aromatic carbocycles. The van der Waals surface area contributed by atoms with Crippen molar-refractivity contribution in [1.29, 1.82) is 0 Å². The minimum Gasteiger partial charge on any atom is -0.454 e. The number of nitrogens with two attached hydrogens (primary N) is 1. The predicted octanol–water partition coefficient (Wildman–Crippen LogP) is 2.93. The third-order valence-electron chi connectivity index (χ3n) is 4.54. The molecule has 1 aliphatic rings. The monoisotopic (exact) mass is 431 g/mol. The maximum atomic E-state index is 11.7. The van der Waals surface area contributed by atoms with Gasteiger partial charge in [-0.3, -0.25) is 0 Å². The lowest BCUT2D eigenvalue weighted by Crippen LogP contribution is -2.18. The zero-order valence-corrected chi connectivity index (χ0v) is 17.5. The molecule has 0 aliphatic carbocycles. The van der Waals surface area contributed by atoms with Crippen LogP contribution in [-0.2, 0) is 16.4 Å². The van der Waals surface area contributed by atoms with Crippen molar-refractivity contribution in [2.45, 2.75) is 17.9 Å². The van der Waals surface area contributed by atoms with Crippen molar-refractivity contribution >= 4 is 26.9 Å². The summed E-state index contributed by atoms with van der Waals surface area (Å²) in [5.41, 5.74) is 8.46. The summed E-state index contributed by atoms with van der Waals surface area (Å²) < 4.78 is 36.3. The second-order valence-corrected chi connectivity index (χ2v) is 9.50. The highest BCUT2D eigenvalue weighted by Crippen LogP contribution is 2.36. The molecule has 0 bridgehead atoms. The summed E-state index contributed by atoms with van der Waals surface area (Å²) in [6.45, 7) is 1.54. The van der Waals surface area contributed by atoms with Crippen LogP contribution in [0.2, 0.25) is 0 Å². The van der Waals surface area contributed by atoms with Crippen LogP contribution in [0.4, 0.5) is 5.69 Å². The van der Waals surface area contributed by atoms with E-state index in [4.69, 9.17) is 20.2 Å². The summed E-state index contributed by atoms with van der Waals surface area (Å²) in [6, 6.07) is 12.4. The first-order valence-electron chi connectivity index (χ1n) is 9.09. The number of fused-ring (bicyclic) bond motifs is 1. The van der Waals surface area contributed by atoms with Crippen molar-refractivity contribution in [1.82, 2.24) is 4.57 Å². The quantitative estimate of drug-likeness (QED) is 0.647. The van der Waals surface area contributed by atoms with Gasteiger partial charge in [0.1, 0.15) is 0 Å². The third-order valence-corrected chi connectivity index (χ3v) is 6.53. The predicted molar refractivity (Wildman–Crippen MR) is 112 cm³/mol. The van der Waals surface area contributed by atoms with Crippen molar-refractivity contribution in [3.8, 4) is 22.8 Å². The van der Waals surface area contributed by atoms with Gasteiger partial charge in [-0.25, -0.2) is 13.4 Å². The van der Waals surface area contributed by atoms with Gasteiger partial charge in [0.2, 0.25) is 6.79 Å². The first-order chi connectivity index (χ1) is 14.0. The minimum atomic E-state index is -3.23. The molecule has 1 aliphatic heterocycles. The molecule has 152 valence electrons. The summed E-state index contributed by atoms with van der Waals surface area (Å²) in [6.07, 6.45) is 2.01. The maximum absolute atomic E-state index is 11.7. The molecule has 0 saturated heterocycles. The molecule has 0 radical (unpaired) electrons. The minimum absolute atomic E-state index is 0.236. The lowest BCUT2D eigenvalue weighted by molar-refractivity contribution is 0.174. The first kappa shape index (κ1) is 19.7. The summed E-state index contributed by atoms with van der Waals surface area (Å²) in [7, 11) is -3.23. The zero-order chi connectivity index (χ0) is 20.4. The van der Waals surface area contributed by atoms with Crippen molar-refractivity contribution in [2.24, 2.45) is 10.7 Å². The van der Waals surface area contributed by atoms with Crippen LogP contribution in [0.5, 0.6) is 11.5 Å². The summed E-state index contributed by atoms with van der Waals surface area (Å²) >= 11 is 1.52. The summed E-state index contributed by atoms with van der Waals surface area (Å²) in [5, 5.41) is 2.05. The van der Waals surface area contributed by atoms with E-state index in [9.17, 15) is 8.42 Å². The van der Waals surface area contributed by atoms with Gasteiger partial charge in [0.05, 0.1) is 16.3 Å². The first-order valence-corrected chi connectivity index (χ1v) is 11.9. The SMILES string of the molecule is CS(=O)(=O)c1ccc(N=c2scc(-c3ccc4c(c3)OCO4)n2CCCN)cc1. The molecule has 0 spiro atoms. The molecular formula is C20H21N3O4S2. The van der Waals surface area contributed by atoms with Crippen LogP contribution in [0.3, 0.4) is 0 Å². The van der Waals surface area contributed by atoms with Gasteiger partial charge in [0, 0.05) is 23.7 Å². The Balaban J connectivity index is 1.75. The van der Waals surface area contributed by atoms with E-state index in [1.807, 2.05) is 18.2 Å². The number of benzene rings is 2. The fourth-order valence-electron chi connectivity index (χ4n) is 3.05. The molecule has 0 amide bonds. The van der Waals surface area contributed by atoms with Crippen LogP contribution in [0.1, 0.15) is 6.42 Å². The van der Waals surface area contributed by atoms with Crippen LogP contribution in [-0.4, -0.2) is 32.6 Å². The molecule has 0 unspecified atom stereocenters. The highest BCUT2D eigenvalue weighted by atomic mass is 32.2. The smallest absolute Gasteiger partial charge is 0.231 e. The van der Waals surface area contributed by atoms with Gasteiger partial charge in [-0.05, 0) is 55.4 Å². The molecule has 7 nitrogen and oxygen atoms in total. The number of nitrogens with zero attached hydrogens (tertiary/aromatic N) is 2. The number of sulfone groups is 1. The Labute approximate surface area is 173 Å². The highest BCUT2D eigenvalue weighted by molar-refractivity contribution is 7.90. The molecule has 4 rings (SSSR count). The van der Waals surface area contributed by atoms with Gasteiger partial charge >= 0.3 is 0 Å². The normalized spacial score (nSPS) is 13.8. The Bertz CT molecular complexity index is 1200. The Hall–Kier alpha value is -2.62. The van der Waals surface area contributed by atoms with Gasteiger partial charge in [0.15, 0.2) is 26.1 Å². The van der Waals surface area contributed by atoms with Gasteiger partial charge in [-0.1, -0.05) is 0 Å². The number of ether oxygens (including phenoxy) is 2. The van der Waals surface area contributed by atoms with Crippen molar-refractivity contribution in [3.05, 3.63) is 52.6 Å². The Morgan fingerprint density at radius 1 is 1.14 bits per heavy atom. The summed E-state index contributed by atoms with van der Waals surface area (Å²) in [5.74, 6) is 1.47. The van der Waals surface area contributed by atoms with E-state index in [1.165, 1.54) is 17.6 Å². The number of rotatable bonds is 6. The Kier molecular flexibility index (Phi) is 5.44. The number of aromatic nitrogens is 1. The van der Waals surface area contributed by atoms with E-state index >= 15 is 0 Å². The van der Waals surface area contributed by atoms with Crippen LogP contribution >= 0.6 is 11.3 Å². The largest absolute Gasteiger partial charge is 0.454 e. The molecule has 0 fully saturated rings. The number of hydrogen-bond donors (Lipinski definition) is 1. The van der Waals surface area contributed by atoms with Gasteiger partial charge < -0.3 is 19.8 Å². The fourth-order valence-corrected chi connectivity index (χ4v) is 4.63. The van der Waals surface area contributed by atoms with Crippen LogP contribution in [0.15, 0.2) is 57.7 Å². The molecule has 2 heterocycles. The standard InChI is InChI=1S/C20H21N3O4S2/c1-29(24,25)16-6-4-15(5-7-16)22-20-23(10-2-9-21)17(12-28-20)14-3-8-18-19(11-14)27-13-26-18/h3-8,11-12H,2,9-10,13,21H2,1H3. The molecule has 0 saturated carbocycles. The van der Waals surface area contributed by atoms with Crippen molar-refractivity contribution in [2.75, 3.05) is 19.6 Å². The average Bonchev–Trinajstić information content (AvgIpc) is 3.32. The highest BCUT2D eigenvalue weighted by Gasteiger charge is 2.16. The van der Waals surface area contributed by atoms with Gasteiger partial charge in [-0.15, -0.1) is 11.3 Å². The molecular weight excluding hydrogens is 410 g/mol. The number of thiazole rings is 1. The number of hydrogen-bond acceptors (Lipinski definition) is 7. The maximum Gasteiger partial charge on any atom is 0.231 e. The average molecular weight is 432 g/mol. The molecule has 2 N–H and O–H groups in total.